The molecule has 0 aliphatic rings. The number of carbonyl (C=O) groups is 1. The second-order valence-electron chi connectivity index (χ2n) is 3.68. The third-order valence-electron chi connectivity index (χ3n) is 2.16. The van der Waals surface area contributed by atoms with Crippen molar-refractivity contribution in [2.45, 2.75) is 25.9 Å². The molecule has 88 valence electrons. The fourth-order valence-electron chi connectivity index (χ4n) is 1.35. The molecule has 0 saturated carbocycles. The Bertz CT molecular complexity index is 353. The molecule has 1 unspecified atom stereocenters. The van der Waals surface area contributed by atoms with E-state index < -0.39 is 5.91 Å². The van der Waals surface area contributed by atoms with Gasteiger partial charge in [-0.25, -0.2) is 4.98 Å². The number of primary amides is 1. The second kappa shape index (κ2) is 6.07. The first-order valence-corrected chi connectivity index (χ1v) is 5.28. The van der Waals surface area contributed by atoms with Crippen molar-refractivity contribution in [2.75, 3.05) is 11.9 Å². The first-order valence-electron chi connectivity index (χ1n) is 5.28. The van der Waals surface area contributed by atoms with Crippen molar-refractivity contribution in [1.29, 1.82) is 0 Å². The van der Waals surface area contributed by atoms with Crippen LogP contribution in [-0.2, 0) is 0 Å². The van der Waals surface area contributed by atoms with E-state index in [0.29, 0.717) is 24.3 Å². The summed E-state index contributed by atoms with van der Waals surface area (Å²) in [5.41, 5.74) is 5.60. The first-order chi connectivity index (χ1) is 7.61. The summed E-state index contributed by atoms with van der Waals surface area (Å²) in [7, 11) is 0. The van der Waals surface area contributed by atoms with E-state index in [1.807, 2.05) is 0 Å². The minimum atomic E-state index is -0.494. The van der Waals surface area contributed by atoms with Crippen molar-refractivity contribution >= 4 is 11.7 Å². The van der Waals surface area contributed by atoms with Crippen LogP contribution < -0.4 is 11.1 Å². The predicted octanol–water partition coefficient (Wildman–Crippen LogP) is 0.753. The van der Waals surface area contributed by atoms with Crippen LogP contribution in [0.15, 0.2) is 18.3 Å². The summed E-state index contributed by atoms with van der Waals surface area (Å²) < 4.78 is 0. The van der Waals surface area contributed by atoms with Gasteiger partial charge < -0.3 is 16.2 Å². The molecule has 5 heteroatoms. The number of aliphatic hydroxyl groups is 1. The molecule has 4 N–H and O–H groups in total. The van der Waals surface area contributed by atoms with Gasteiger partial charge >= 0.3 is 0 Å². The largest absolute Gasteiger partial charge is 0.393 e. The van der Waals surface area contributed by atoms with E-state index in [2.05, 4.69) is 10.3 Å². The Morgan fingerprint density at radius 1 is 1.69 bits per heavy atom. The third kappa shape index (κ3) is 3.86. The molecule has 0 saturated heterocycles. The van der Waals surface area contributed by atoms with Crippen molar-refractivity contribution in [3.63, 3.8) is 0 Å². The highest BCUT2D eigenvalue weighted by Crippen LogP contribution is 2.10. The zero-order valence-electron chi connectivity index (χ0n) is 9.31. The quantitative estimate of drug-likeness (QED) is 0.621. The highest BCUT2D eigenvalue weighted by atomic mass is 16.3. The molecule has 1 aromatic heterocycles. The summed E-state index contributed by atoms with van der Waals surface area (Å²) in [5, 5.41) is 12.1. The zero-order valence-corrected chi connectivity index (χ0v) is 9.31. The molecule has 0 fully saturated rings. The van der Waals surface area contributed by atoms with Gasteiger partial charge in [0, 0.05) is 12.7 Å². The van der Waals surface area contributed by atoms with Crippen molar-refractivity contribution in [3.8, 4) is 0 Å². The summed E-state index contributed by atoms with van der Waals surface area (Å²) in [6, 6.07) is 3.30. The molecule has 1 rings (SSSR count). The minimum Gasteiger partial charge on any atom is -0.393 e. The Morgan fingerprint density at radius 3 is 3.06 bits per heavy atom. The number of amides is 1. The van der Waals surface area contributed by atoms with Gasteiger partial charge in [0.2, 0.25) is 0 Å². The molecular weight excluding hydrogens is 206 g/mol. The lowest BCUT2D eigenvalue weighted by Crippen LogP contribution is -2.16. The normalized spacial score (nSPS) is 12.1. The minimum absolute atomic E-state index is 0.304. The summed E-state index contributed by atoms with van der Waals surface area (Å²) in [4.78, 5) is 15.1. The van der Waals surface area contributed by atoms with Crippen molar-refractivity contribution in [1.82, 2.24) is 4.98 Å². The van der Waals surface area contributed by atoms with Gasteiger partial charge in [-0.2, -0.15) is 0 Å². The Labute approximate surface area is 94.7 Å². The van der Waals surface area contributed by atoms with Gasteiger partial charge in [0.1, 0.15) is 5.82 Å². The SMILES string of the molecule is CC(O)CCCNc1ncccc1C(N)=O. The van der Waals surface area contributed by atoms with Gasteiger partial charge in [-0.1, -0.05) is 0 Å². The van der Waals surface area contributed by atoms with E-state index in [0.717, 1.165) is 6.42 Å². The van der Waals surface area contributed by atoms with Gasteiger partial charge in [-0.05, 0) is 31.9 Å². The van der Waals surface area contributed by atoms with E-state index in [-0.39, 0.29) is 6.10 Å². The van der Waals surface area contributed by atoms with Crippen LogP contribution >= 0.6 is 0 Å². The van der Waals surface area contributed by atoms with Crippen LogP contribution in [0.1, 0.15) is 30.1 Å². The number of nitrogens with two attached hydrogens (primary N) is 1. The molecule has 1 aromatic rings. The van der Waals surface area contributed by atoms with Gasteiger partial charge in [0.25, 0.3) is 5.91 Å². The van der Waals surface area contributed by atoms with Crippen LogP contribution in [-0.4, -0.2) is 28.6 Å². The smallest absolute Gasteiger partial charge is 0.252 e. The molecule has 0 aliphatic heterocycles. The topological polar surface area (TPSA) is 88.2 Å². The number of aliphatic hydroxyl groups excluding tert-OH is 1. The number of hydrogen-bond donors (Lipinski definition) is 3. The molecule has 1 atom stereocenters. The maximum Gasteiger partial charge on any atom is 0.252 e. The molecule has 0 bridgehead atoms. The number of nitrogens with zero attached hydrogens (tertiary/aromatic N) is 1. The second-order valence-corrected chi connectivity index (χ2v) is 3.68. The number of aromatic nitrogens is 1. The van der Waals surface area contributed by atoms with E-state index in [4.69, 9.17) is 10.8 Å². The Balaban J connectivity index is 2.50. The van der Waals surface area contributed by atoms with Crippen LogP contribution in [0.5, 0.6) is 0 Å². The molecule has 1 amide bonds. The Kier molecular flexibility index (Phi) is 4.72. The van der Waals surface area contributed by atoms with Crippen molar-refractivity contribution in [2.24, 2.45) is 5.73 Å². The number of pyridine rings is 1. The molecule has 0 radical (unpaired) electrons. The summed E-state index contributed by atoms with van der Waals surface area (Å²) in [6.45, 7) is 2.40. The molecule has 0 aromatic carbocycles. The van der Waals surface area contributed by atoms with Crippen molar-refractivity contribution in [3.05, 3.63) is 23.9 Å². The first kappa shape index (κ1) is 12.4. The predicted molar refractivity (Wildman–Crippen MR) is 62.2 cm³/mol. The molecular formula is C11H17N3O2. The van der Waals surface area contributed by atoms with Gasteiger partial charge in [-0.15, -0.1) is 0 Å². The molecule has 16 heavy (non-hydrogen) atoms. The highest BCUT2D eigenvalue weighted by Gasteiger charge is 2.07. The Morgan fingerprint density at radius 2 is 2.44 bits per heavy atom. The van der Waals surface area contributed by atoms with Gasteiger partial charge in [-0.3, -0.25) is 4.79 Å². The lowest BCUT2D eigenvalue weighted by Gasteiger charge is -2.09. The fraction of sp³-hybridized carbons (Fsp3) is 0.455. The summed E-state index contributed by atoms with van der Waals surface area (Å²) >= 11 is 0. The zero-order chi connectivity index (χ0) is 12.0. The molecule has 0 spiro atoms. The number of anilines is 1. The number of hydrogen-bond acceptors (Lipinski definition) is 4. The average molecular weight is 223 g/mol. The fourth-order valence-corrected chi connectivity index (χ4v) is 1.35. The number of nitrogens with one attached hydrogen (secondary N) is 1. The maximum atomic E-state index is 11.1. The molecule has 5 nitrogen and oxygen atoms in total. The Hall–Kier alpha value is -1.62. The van der Waals surface area contributed by atoms with Gasteiger partial charge in [0.15, 0.2) is 0 Å². The lowest BCUT2D eigenvalue weighted by atomic mass is 10.2. The average Bonchev–Trinajstić information content (AvgIpc) is 2.24. The monoisotopic (exact) mass is 223 g/mol. The van der Waals surface area contributed by atoms with Crippen LogP contribution in [0, 0.1) is 0 Å². The lowest BCUT2D eigenvalue weighted by molar-refractivity contribution is 0.100. The summed E-state index contributed by atoms with van der Waals surface area (Å²) in [6.07, 6.45) is 2.82. The van der Waals surface area contributed by atoms with Crippen LogP contribution in [0.2, 0.25) is 0 Å². The standard InChI is InChI=1S/C11H17N3O2/c1-8(15)4-2-6-13-11-9(10(12)16)5-3-7-14-11/h3,5,7-8,15H,2,4,6H2,1H3,(H2,12,16)(H,13,14). The maximum absolute atomic E-state index is 11.1. The summed E-state index contributed by atoms with van der Waals surface area (Å²) in [5.74, 6) is 0.00622. The van der Waals surface area contributed by atoms with Crippen molar-refractivity contribution < 1.29 is 9.90 Å². The molecule has 0 aliphatic carbocycles. The molecule has 1 heterocycles. The highest BCUT2D eigenvalue weighted by molar-refractivity contribution is 5.97. The third-order valence-corrected chi connectivity index (χ3v) is 2.16. The van der Waals surface area contributed by atoms with E-state index in [1.54, 1.807) is 25.3 Å². The van der Waals surface area contributed by atoms with Crippen LogP contribution in [0.3, 0.4) is 0 Å². The van der Waals surface area contributed by atoms with E-state index >= 15 is 0 Å². The van der Waals surface area contributed by atoms with Crippen LogP contribution in [0.25, 0.3) is 0 Å². The van der Waals surface area contributed by atoms with E-state index in [9.17, 15) is 4.79 Å². The van der Waals surface area contributed by atoms with Crippen LogP contribution in [0.4, 0.5) is 5.82 Å². The number of carbonyl (C=O) groups excluding carboxylic acids is 1. The number of rotatable bonds is 6. The van der Waals surface area contributed by atoms with E-state index in [1.165, 1.54) is 0 Å². The van der Waals surface area contributed by atoms with Gasteiger partial charge in [0.05, 0.1) is 11.7 Å².